The number of nitrogens with one attached hydrogen (secondary N) is 1. The third-order valence-corrected chi connectivity index (χ3v) is 3.53. The van der Waals surface area contributed by atoms with Crippen molar-refractivity contribution in [2.24, 2.45) is 5.92 Å². The van der Waals surface area contributed by atoms with Crippen LogP contribution in [0.5, 0.6) is 0 Å². The smallest absolute Gasteiger partial charge is 0.0480 e. The van der Waals surface area contributed by atoms with Gasteiger partial charge in [0.25, 0.3) is 0 Å². The summed E-state index contributed by atoms with van der Waals surface area (Å²) in [5.74, 6) is 0.796. The Hall–Kier alpha value is -1.28. The van der Waals surface area contributed by atoms with Crippen molar-refractivity contribution in [2.75, 3.05) is 13.1 Å². The van der Waals surface area contributed by atoms with Crippen molar-refractivity contribution in [3.05, 3.63) is 36.5 Å². The number of hydrogen-bond acceptors (Lipinski definition) is 1. The highest BCUT2D eigenvalue weighted by Crippen LogP contribution is 2.19. The predicted molar refractivity (Wildman–Crippen MR) is 67.5 cm³/mol. The maximum Gasteiger partial charge on any atom is 0.0480 e. The first kappa shape index (κ1) is 9.91. The summed E-state index contributed by atoms with van der Waals surface area (Å²) < 4.78 is 2.40. The Balaban J connectivity index is 1.83. The minimum absolute atomic E-state index is 0.796. The Morgan fingerprint density at radius 1 is 1.25 bits per heavy atom. The molecular formula is C14H18N2. The fourth-order valence-corrected chi connectivity index (χ4v) is 2.66. The molecular weight excluding hydrogens is 196 g/mol. The van der Waals surface area contributed by atoms with Gasteiger partial charge < -0.3 is 9.88 Å². The van der Waals surface area contributed by atoms with Crippen LogP contribution in [0.1, 0.15) is 12.8 Å². The van der Waals surface area contributed by atoms with E-state index in [4.69, 9.17) is 0 Å². The van der Waals surface area contributed by atoms with E-state index < -0.39 is 0 Å². The van der Waals surface area contributed by atoms with Gasteiger partial charge in [0.05, 0.1) is 0 Å². The standard InChI is InChI=1S/C14H18N2/c1-2-6-14-13(5-1)7-9-16(14)11-12-4-3-8-15-10-12/h1-2,5-7,9,12,15H,3-4,8,10-11H2/t12-/m0/s1. The summed E-state index contributed by atoms with van der Waals surface area (Å²) in [6, 6.07) is 10.8. The average molecular weight is 214 g/mol. The zero-order valence-electron chi connectivity index (χ0n) is 9.52. The van der Waals surface area contributed by atoms with Crippen LogP contribution in [-0.2, 0) is 6.54 Å². The second kappa shape index (κ2) is 4.30. The van der Waals surface area contributed by atoms with Gasteiger partial charge in [-0.05, 0) is 49.4 Å². The molecule has 1 saturated heterocycles. The summed E-state index contributed by atoms with van der Waals surface area (Å²) >= 11 is 0. The van der Waals surface area contributed by atoms with Gasteiger partial charge in [-0.1, -0.05) is 18.2 Å². The number of piperidine rings is 1. The lowest BCUT2D eigenvalue weighted by atomic mass is 10.00. The Labute approximate surface area is 96.3 Å². The number of para-hydroxylation sites is 1. The van der Waals surface area contributed by atoms with E-state index in [0.29, 0.717) is 0 Å². The maximum atomic E-state index is 3.48. The molecule has 2 aromatic rings. The van der Waals surface area contributed by atoms with E-state index >= 15 is 0 Å². The van der Waals surface area contributed by atoms with Gasteiger partial charge in [-0.25, -0.2) is 0 Å². The fraction of sp³-hybridized carbons (Fsp3) is 0.429. The highest BCUT2D eigenvalue weighted by Gasteiger charge is 2.13. The molecule has 1 aromatic heterocycles. The van der Waals surface area contributed by atoms with Crippen LogP contribution in [0.4, 0.5) is 0 Å². The van der Waals surface area contributed by atoms with Gasteiger partial charge in [0, 0.05) is 18.3 Å². The molecule has 0 amide bonds. The Morgan fingerprint density at radius 3 is 3.06 bits per heavy atom. The van der Waals surface area contributed by atoms with E-state index in [1.165, 1.54) is 36.8 Å². The summed E-state index contributed by atoms with van der Waals surface area (Å²) in [6.07, 6.45) is 4.91. The fourth-order valence-electron chi connectivity index (χ4n) is 2.66. The van der Waals surface area contributed by atoms with Crippen LogP contribution < -0.4 is 5.32 Å². The number of benzene rings is 1. The molecule has 3 rings (SSSR count). The van der Waals surface area contributed by atoms with E-state index in [-0.39, 0.29) is 0 Å². The Bertz CT molecular complexity index is 466. The number of fused-ring (bicyclic) bond motifs is 1. The van der Waals surface area contributed by atoms with Gasteiger partial charge in [0.1, 0.15) is 0 Å². The second-order valence-corrected chi connectivity index (χ2v) is 4.74. The molecule has 0 aliphatic carbocycles. The van der Waals surface area contributed by atoms with Crippen LogP contribution in [0.2, 0.25) is 0 Å². The van der Waals surface area contributed by atoms with E-state index in [1.807, 2.05) is 0 Å². The van der Waals surface area contributed by atoms with Crippen molar-refractivity contribution < 1.29 is 0 Å². The summed E-state index contributed by atoms with van der Waals surface area (Å²) in [6.45, 7) is 3.52. The lowest BCUT2D eigenvalue weighted by molar-refractivity contribution is 0.341. The molecule has 0 bridgehead atoms. The van der Waals surface area contributed by atoms with Crippen molar-refractivity contribution in [3.8, 4) is 0 Å². The highest BCUT2D eigenvalue weighted by molar-refractivity contribution is 5.79. The van der Waals surface area contributed by atoms with Gasteiger partial charge in [0.15, 0.2) is 0 Å². The summed E-state index contributed by atoms with van der Waals surface area (Å²) in [5.41, 5.74) is 1.37. The quantitative estimate of drug-likeness (QED) is 0.813. The third-order valence-electron chi connectivity index (χ3n) is 3.53. The molecule has 16 heavy (non-hydrogen) atoms. The zero-order valence-corrected chi connectivity index (χ0v) is 9.52. The first-order valence-electron chi connectivity index (χ1n) is 6.18. The molecule has 84 valence electrons. The second-order valence-electron chi connectivity index (χ2n) is 4.74. The molecule has 1 aliphatic rings. The minimum Gasteiger partial charge on any atom is -0.347 e. The monoisotopic (exact) mass is 214 g/mol. The van der Waals surface area contributed by atoms with Crippen molar-refractivity contribution in [1.29, 1.82) is 0 Å². The normalized spacial score (nSPS) is 21.4. The Morgan fingerprint density at radius 2 is 2.19 bits per heavy atom. The van der Waals surface area contributed by atoms with Gasteiger partial charge in [-0.3, -0.25) is 0 Å². The summed E-state index contributed by atoms with van der Waals surface area (Å²) in [5, 5.41) is 4.84. The zero-order chi connectivity index (χ0) is 10.8. The molecule has 0 spiro atoms. The Kier molecular flexibility index (Phi) is 2.66. The SMILES string of the molecule is c1ccc2c(c1)ccn2C[C@H]1CCCNC1. The minimum atomic E-state index is 0.796. The van der Waals surface area contributed by atoms with Crippen molar-refractivity contribution in [3.63, 3.8) is 0 Å². The van der Waals surface area contributed by atoms with Crippen LogP contribution in [-0.4, -0.2) is 17.7 Å². The van der Waals surface area contributed by atoms with Gasteiger partial charge in [-0.15, -0.1) is 0 Å². The molecule has 1 aliphatic heterocycles. The maximum absolute atomic E-state index is 3.48. The van der Waals surface area contributed by atoms with Crippen LogP contribution in [0.15, 0.2) is 36.5 Å². The number of nitrogens with zero attached hydrogens (tertiary/aromatic N) is 1. The van der Waals surface area contributed by atoms with Crippen LogP contribution in [0, 0.1) is 5.92 Å². The number of hydrogen-bond donors (Lipinski definition) is 1. The van der Waals surface area contributed by atoms with Crippen molar-refractivity contribution in [1.82, 2.24) is 9.88 Å². The van der Waals surface area contributed by atoms with Crippen molar-refractivity contribution >= 4 is 10.9 Å². The van der Waals surface area contributed by atoms with Gasteiger partial charge >= 0.3 is 0 Å². The largest absolute Gasteiger partial charge is 0.347 e. The highest BCUT2D eigenvalue weighted by atomic mass is 15.0. The number of rotatable bonds is 2. The molecule has 1 fully saturated rings. The van der Waals surface area contributed by atoms with E-state index in [0.717, 1.165) is 12.5 Å². The van der Waals surface area contributed by atoms with Gasteiger partial charge in [-0.2, -0.15) is 0 Å². The van der Waals surface area contributed by atoms with Gasteiger partial charge in [0.2, 0.25) is 0 Å². The molecule has 2 heterocycles. The molecule has 1 aromatic carbocycles. The van der Waals surface area contributed by atoms with E-state index in [9.17, 15) is 0 Å². The van der Waals surface area contributed by atoms with E-state index in [2.05, 4.69) is 46.4 Å². The van der Waals surface area contributed by atoms with Crippen LogP contribution >= 0.6 is 0 Å². The predicted octanol–water partition coefficient (Wildman–Crippen LogP) is 2.64. The molecule has 2 heteroatoms. The lowest BCUT2D eigenvalue weighted by Gasteiger charge is -2.23. The van der Waals surface area contributed by atoms with E-state index in [1.54, 1.807) is 0 Å². The molecule has 0 unspecified atom stereocenters. The summed E-state index contributed by atoms with van der Waals surface area (Å²) in [4.78, 5) is 0. The van der Waals surface area contributed by atoms with Crippen LogP contribution in [0.25, 0.3) is 10.9 Å². The molecule has 1 atom stereocenters. The molecule has 0 saturated carbocycles. The summed E-state index contributed by atoms with van der Waals surface area (Å²) in [7, 11) is 0. The first-order valence-corrected chi connectivity index (χ1v) is 6.18. The molecule has 1 N–H and O–H groups in total. The topological polar surface area (TPSA) is 17.0 Å². The molecule has 2 nitrogen and oxygen atoms in total. The third kappa shape index (κ3) is 1.85. The number of aromatic nitrogens is 1. The molecule has 0 radical (unpaired) electrons. The van der Waals surface area contributed by atoms with Crippen LogP contribution in [0.3, 0.4) is 0 Å². The average Bonchev–Trinajstić information content (AvgIpc) is 2.74. The first-order chi connectivity index (χ1) is 7.93. The van der Waals surface area contributed by atoms with Crippen molar-refractivity contribution in [2.45, 2.75) is 19.4 Å². The lowest BCUT2D eigenvalue weighted by Crippen LogP contribution is -2.32.